The molecule has 6 heteroatoms. The molecule has 1 aromatic carbocycles. The van der Waals surface area contributed by atoms with Crippen molar-refractivity contribution in [1.29, 1.82) is 0 Å². The number of hydrogen-bond acceptors (Lipinski definition) is 4. The van der Waals surface area contributed by atoms with Crippen LogP contribution in [-0.2, 0) is 4.79 Å². The summed E-state index contributed by atoms with van der Waals surface area (Å²) in [5.74, 6) is 2.49. The molecule has 1 aromatic rings. The van der Waals surface area contributed by atoms with E-state index in [1.165, 1.54) is 19.3 Å². The molecule has 27 heavy (non-hydrogen) atoms. The Hall–Kier alpha value is -1.72. The summed E-state index contributed by atoms with van der Waals surface area (Å²) in [6.45, 7) is 2.82. The maximum absolute atomic E-state index is 12.9. The van der Waals surface area contributed by atoms with Crippen LogP contribution in [0.15, 0.2) is 23.8 Å². The highest BCUT2D eigenvalue weighted by molar-refractivity contribution is 5.99. The number of nitrogens with two attached hydrogens (primary N) is 1. The van der Waals surface area contributed by atoms with Crippen LogP contribution in [0.2, 0.25) is 0 Å². The Balaban J connectivity index is 0.00000210. The van der Waals surface area contributed by atoms with Gasteiger partial charge in [-0.2, -0.15) is 0 Å². The van der Waals surface area contributed by atoms with Crippen molar-refractivity contribution in [2.75, 3.05) is 13.2 Å². The van der Waals surface area contributed by atoms with Gasteiger partial charge in [0, 0.05) is 17.6 Å². The average molecular weight is 393 g/mol. The lowest BCUT2D eigenvalue weighted by atomic mass is 9.67. The second-order valence-corrected chi connectivity index (χ2v) is 7.75. The van der Waals surface area contributed by atoms with Gasteiger partial charge in [0.15, 0.2) is 11.5 Å². The molecule has 0 spiro atoms. The van der Waals surface area contributed by atoms with Crippen LogP contribution in [0.3, 0.4) is 0 Å². The van der Waals surface area contributed by atoms with Gasteiger partial charge in [0.1, 0.15) is 6.61 Å². The van der Waals surface area contributed by atoms with Crippen LogP contribution in [0.1, 0.15) is 44.6 Å². The van der Waals surface area contributed by atoms with Gasteiger partial charge in [-0.3, -0.25) is 4.79 Å². The first-order valence-corrected chi connectivity index (χ1v) is 9.81. The highest BCUT2D eigenvalue weighted by atomic mass is 35.5. The number of carbonyl (C=O) groups is 1. The molecule has 1 amide bonds. The maximum atomic E-state index is 12.9. The average Bonchev–Trinajstić information content (AvgIpc) is 2.62. The number of para-hydroxylation sites is 1. The number of ether oxygens (including phenoxy) is 2. The number of fused-ring (bicyclic) bond motifs is 3. The lowest BCUT2D eigenvalue weighted by Gasteiger charge is -2.45. The van der Waals surface area contributed by atoms with E-state index in [1.54, 1.807) is 0 Å². The summed E-state index contributed by atoms with van der Waals surface area (Å²) >= 11 is 0. The summed E-state index contributed by atoms with van der Waals surface area (Å²) in [4.78, 5) is 12.9. The van der Waals surface area contributed by atoms with Crippen LogP contribution in [-0.4, -0.2) is 31.2 Å². The van der Waals surface area contributed by atoms with E-state index in [2.05, 4.69) is 5.32 Å². The van der Waals surface area contributed by atoms with E-state index in [-0.39, 0.29) is 31.0 Å². The molecule has 0 radical (unpaired) electrons. The van der Waals surface area contributed by atoms with Gasteiger partial charge in [-0.15, -0.1) is 12.4 Å². The number of benzene rings is 1. The minimum absolute atomic E-state index is 0. The summed E-state index contributed by atoms with van der Waals surface area (Å²) in [5, 5.41) is 3.31. The third-order valence-electron chi connectivity index (χ3n) is 5.98. The van der Waals surface area contributed by atoms with Gasteiger partial charge in [-0.05, 0) is 56.6 Å². The minimum Gasteiger partial charge on any atom is -0.490 e. The monoisotopic (exact) mass is 392 g/mol. The van der Waals surface area contributed by atoms with Gasteiger partial charge >= 0.3 is 0 Å². The molecule has 3 aliphatic rings. The van der Waals surface area contributed by atoms with Gasteiger partial charge in [0.25, 0.3) is 5.91 Å². The Morgan fingerprint density at radius 1 is 1.30 bits per heavy atom. The van der Waals surface area contributed by atoms with Crippen LogP contribution in [0, 0.1) is 11.8 Å². The summed E-state index contributed by atoms with van der Waals surface area (Å²) < 4.78 is 11.5. The van der Waals surface area contributed by atoms with Crippen molar-refractivity contribution in [2.45, 2.75) is 51.1 Å². The van der Waals surface area contributed by atoms with E-state index < -0.39 is 0 Å². The quantitative estimate of drug-likeness (QED) is 0.824. The second kappa shape index (κ2) is 8.53. The fourth-order valence-electron chi connectivity index (χ4n) is 4.85. The fourth-order valence-corrected chi connectivity index (χ4v) is 4.85. The highest BCUT2D eigenvalue weighted by Crippen LogP contribution is 2.40. The van der Waals surface area contributed by atoms with Gasteiger partial charge in [0.2, 0.25) is 0 Å². The zero-order chi connectivity index (χ0) is 18.1. The number of amides is 1. The van der Waals surface area contributed by atoms with Crippen molar-refractivity contribution >= 4 is 24.4 Å². The Labute approximate surface area is 167 Å². The third-order valence-corrected chi connectivity index (χ3v) is 5.98. The van der Waals surface area contributed by atoms with Crippen LogP contribution in [0.4, 0.5) is 0 Å². The largest absolute Gasteiger partial charge is 0.490 e. The number of carbonyl (C=O) groups excluding carboxylic acids is 1. The minimum atomic E-state index is -0.00478. The topological polar surface area (TPSA) is 73.6 Å². The van der Waals surface area contributed by atoms with Crippen molar-refractivity contribution in [3.63, 3.8) is 0 Å². The van der Waals surface area contributed by atoms with Gasteiger partial charge in [0.05, 0.1) is 12.2 Å². The number of hydrogen-bond donors (Lipinski definition) is 2. The van der Waals surface area contributed by atoms with Gasteiger partial charge in [-0.1, -0.05) is 18.6 Å². The van der Waals surface area contributed by atoms with E-state index >= 15 is 0 Å². The van der Waals surface area contributed by atoms with E-state index in [4.69, 9.17) is 15.2 Å². The molecule has 1 heterocycles. The normalized spacial score (nSPS) is 28.7. The molecule has 0 aromatic heterocycles. The van der Waals surface area contributed by atoms with E-state index in [9.17, 15) is 4.79 Å². The first kappa shape index (κ1) is 20.0. The van der Waals surface area contributed by atoms with Crippen LogP contribution < -0.4 is 20.5 Å². The second-order valence-electron chi connectivity index (χ2n) is 7.75. The number of nitrogens with one attached hydrogen (secondary N) is 1. The predicted molar refractivity (Wildman–Crippen MR) is 108 cm³/mol. The summed E-state index contributed by atoms with van der Waals surface area (Å²) in [7, 11) is 0. The molecular weight excluding hydrogens is 364 g/mol. The van der Waals surface area contributed by atoms with E-state index in [1.807, 2.05) is 31.2 Å². The molecule has 1 aliphatic heterocycles. The summed E-state index contributed by atoms with van der Waals surface area (Å²) in [5.41, 5.74) is 7.78. The Kier molecular flexibility index (Phi) is 6.33. The van der Waals surface area contributed by atoms with Crippen LogP contribution >= 0.6 is 12.4 Å². The molecule has 0 saturated heterocycles. The van der Waals surface area contributed by atoms with Crippen molar-refractivity contribution in [3.05, 3.63) is 29.3 Å². The maximum Gasteiger partial charge on any atom is 0.250 e. The molecule has 2 saturated carbocycles. The van der Waals surface area contributed by atoms with Crippen molar-refractivity contribution in [1.82, 2.24) is 5.32 Å². The molecule has 2 bridgehead atoms. The molecule has 148 valence electrons. The standard InChI is InChI=1S/C21H28N2O3.ClH/c1-2-25-18-8-4-7-15-9-16(12-26-20(15)18)21(24)23-19-13-5-3-6-14(19)11-17(22)10-13;/h4,7-9,13-14,17,19H,2-3,5-6,10-12,22H2,1H3,(H,23,24);1H. The Bertz CT molecular complexity index is 707. The molecule has 3 N–H and O–H groups in total. The lowest BCUT2D eigenvalue weighted by Crippen LogP contribution is -2.54. The van der Waals surface area contributed by atoms with E-state index in [0.717, 1.165) is 29.9 Å². The summed E-state index contributed by atoms with van der Waals surface area (Å²) in [6, 6.07) is 6.33. The molecule has 4 rings (SSSR count). The van der Waals surface area contributed by atoms with Crippen LogP contribution in [0.5, 0.6) is 11.5 Å². The zero-order valence-electron chi connectivity index (χ0n) is 15.8. The van der Waals surface area contributed by atoms with E-state index in [0.29, 0.717) is 30.1 Å². The molecule has 2 unspecified atom stereocenters. The third kappa shape index (κ3) is 4.09. The molecule has 5 nitrogen and oxygen atoms in total. The Morgan fingerprint density at radius 3 is 2.74 bits per heavy atom. The van der Waals surface area contributed by atoms with Gasteiger partial charge < -0.3 is 20.5 Å². The van der Waals surface area contributed by atoms with Gasteiger partial charge in [-0.25, -0.2) is 0 Å². The number of halogens is 1. The van der Waals surface area contributed by atoms with Crippen molar-refractivity contribution in [2.24, 2.45) is 17.6 Å². The molecule has 2 fully saturated rings. The lowest BCUT2D eigenvalue weighted by molar-refractivity contribution is -0.120. The Morgan fingerprint density at radius 2 is 2.04 bits per heavy atom. The fraction of sp³-hybridized carbons (Fsp3) is 0.571. The highest BCUT2D eigenvalue weighted by Gasteiger charge is 2.40. The predicted octanol–water partition coefficient (Wildman–Crippen LogP) is 3.31. The summed E-state index contributed by atoms with van der Waals surface area (Å²) in [6.07, 6.45) is 7.58. The first-order valence-electron chi connectivity index (χ1n) is 9.81. The van der Waals surface area contributed by atoms with Crippen LogP contribution in [0.25, 0.3) is 6.08 Å². The molecule has 2 aliphatic carbocycles. The van der Waals surface area contributed by atoms with Crippen molar-refractivity contribution in [3.8, 4) is 11.5 Å². The SMILES string of the molecule is CCOc1cccc2c1OCC(C(=O)NC1C3CCCC1CC(N)C3)=C2.Cl. The number of rotatable bonds is 4. The zero-order valence-corrected chi connectivity index (χ0v) is 16.6. The van der Waals surface area contributed by atoms with Crippen molar-refractivity contribution < 1.29 is 14.3 Å². The molecular formula is C21H29ClN2O3. The molecule has 2 atom stereocenters. The first-order chi connectivity index (χ1) is 12.7. The smallest absolute Gasteiger partial charge is 0.250 e.